The Kier molecular flexibility index (Phi) is 6.42. The molecule has 0 radical (unpaired) electrons. The van der Waals surface area contributed by atoms with Crippen LogP contribution in [0.4, 0.5) is 74.6 Å². The first kappa shape index (κ1) is 26.5. The Morgan fingerprint density at radius 2 is 0.593 bits per heavy atom. The molecule has 0 heterocycles. The maximum atomic E-state index is 13.1. The third-order valence-electron chi connectivity index (χ3n) is 2.95. The minimum atomic E-state index is -8.56. The first-order valence-corrected chi connectivity index (χ1v) is 7.11. The highest BCUT2D eigenvalue weighted by Gasteiger charge is 2.95. The van der Waals surface area contributed by atoms with Crippen LogP contribution in [0.25, 0.3) is 0 Å². The Balaban J connectivity index is 6.65. The van der Waals surface area contributed by atoms with Crippen LogP contribution >= 0.6 is 22.6 Å². The molecule has 0 aromatic heterocycles. The number of halogens is 18. The average Bonchev–Trinajstić information content (AvgIpc) is 2.44. The lowest BCUT2D eigenvalue weighted by Crippen LogP contribution is -2.74. The van der Waals surface area contributed by atoms with Crippen molar-refractivity contribution in [1.82, 2.24) is 0 Å². The van der Waals surface area contributed by atoms with Gasteiger partial charge in [0.05, 0.1) is 4.43 Å². The van der Waals surface area contributed by atoms with Crippen molar-refractivity contribution in [2.24, 2.45) is 0 Å². The molecule has 0 aromatic rings. The van der Waals surface area contributed by atoms with Crippen molar-refractivity contribution in [2.75, 3.05) is 4.43 Å². The summed E-state index contributed by atoms with van der Waals surface area (Å²) in [5, 5.41) is 0. The molecule has 0 atom stereocenters. The molecule has 18 heteroatoms. The van der Waals surface area contributed by atoms with E-state index < -0.39 is 52.1 Å². The zero-order chi connectivity index (χ0) is 22.7. The van der Waals surface area contributed by atoms with Crippen molar-refractivity contribution >= 4 is 22.6 Å². The van der Waals surface area contributed by atoms with Crippen molar-refractivity contribution < 1.29 is 74.6 Å². The summed E-state index contributed by atoms with van der Waals surface area (Å²) < 4.78 is 213. The van der Waals surface area contributed by atoms with Gasteiger partial charge in [-0.25, -0.2) is 0 Å². The van der Waals surface area contributed by atoms with E-state index in [1.165, 1.54) is 0 Å². The third kappa shape index (κ3) is 3.29. The predicted molar refractivity (Wildman–Crippen MR) is 59.6 cm³/mol. The van der Waals surface area contributed by atoms with Crippen molar-refractivity contribution in [1.29, 1.82) is 0 Å². The van der Waals surface area contributed by atoms with E-state index in [1.54, 1.807) is 0 Å². The number of hydrogen-bond acceptors (Lipinski definition) is 0. The molecule has 0 saturated heterocycles. The average molecular weight is 560 g/mol. The maximum absolute atomic E-state index is 13.1. The second kappa shape index (κ2) is 6.53. The summed E-state index contributed by atoms with van der Waals surface area (Å²) in [4.78, 5) is 0. The Bertz CT molecular complexity index is 543. The van der Waals surface area contributed by atoms with Gasteiger partial charge in [-0.3, -0.25) is 0 Å². The molecule has 0 saturated carbocycles. The SMILES string of the molecule is FC(F)(F)C(F)(F)C(F)(F)C(F)(F)C(F)(F)C(F)(F)C(F)(F)C(F)(F)CI. The van der Waals surface area contributed by atoms with Gasteiger partial charge in [0.25, 0.3) is 0 Å². The summed E-state index contributed by atoms with van der Waals surface area (Å²) in [7, 11) is 0. The van der Waals surface area contributed by atoms with Gasteiger partial charge in [0.15, 0.2) is 0 Å². The zero-order valence-electron chi connectivity index (χ0n) is 11.5. The summed E-state index contributed by atoms with van der Waals surface area (Å²) >= 11 is 0.171. The molecule has 0 aliphatic carbocycles. The molecule has 0 aromatic carbocycles. The quantitative estimate of drug-likeness (QED) is 0.192. The Labute approximate surface area is 150 Å². The molecule has 164 valence electrons. The van der Waals surface area contributed by atoms with E-state index in [1.807, 2.05) is 0 Å². The molecular formula is C9H2F17I. The monoisotopic (exact) mass is 560 g/mol. The molecule has 0 rings (SSSR count). The lowest BCUT2D eigenvalue weighted by Gasteiger charge is -2.42. The summed E-state index contributed by atoms with van der Waals surface area (Å²) in [5.41, 5.74) is 0. The van der Waals surface area contributed by atoms with E-state index >= 15 is 0 Å². The molecule has 0 spiro atoms. The molecule has 0 aliphatic heterocycles. The van der Waals surface area contributed by atoms with Gasteiger partial charge in [0, 0.05) is 0 Å². The fourth-order valence-electron chi connectivity index (χ4n) is 1.28. The minimum Gasteiger partial charge on any atom is -0.199 e. The van der Waals surface area contributed by atoms with Gasteiger partial charge in [-0.15, -0.1) is 0 Å². The second-order valence-electron chi connectivity index (χ2n) is 4.78. The van der Waals surface area contributed by atoms with E-state index in [9.17, 15) is 74.6 Å². The number of rotatable bonds is 7. The Morgan fingerprint density at radius 1 is 0.370 bits per heavy atom. The highest BCUT2D eigenvalue weighted by Crippen LogP contribution is 2.63. The van der Waals surface area contributed by atoms with E-state index in [4.69, 9.17) is 0 Å². The van der Waals surface area contributed by atoms with Crippen LogP contribution in [-0.2, 0) is 0 Å². The van der Waals surface area contributed by atoms with Gasteiger partial charge in [0.1, 0.15) is 0 Å². The normalized spacial score (nSPS) is 16.7. The van der Waals surface area contributed by atoms with E-state index in [-0.39, 0.29) is 22.6 Å². The fourth-order valence-corrected chi connectivity index (χ4v) is 1.76. The van der Waals surface area contributed by atoms with Gasteiger partial charge >= 0.3 is 47.6 Å². The highest BCUT2D eigenvalue weighted by atomic mass is 127. The van der Waals surface area contributed by atoms with Crippen molar-refractivity contribution in [3.63, 3.8) is 0 Å². The summed E-state index contributed by atoms with van der Waals surface area (Å²) in [6.07, 6.45) is -7.74. The third-order valence-corrected chi connectivity index (χ3v) is 3.91. The largest absolute Gasteiger partial charge is 0.460 e. The number of hydrogen-bond donors (Lipinski definition) is 0. The molecular weight excluding hydrogens is 558 g/mol. The van der Waals surface area contributed by atoms with Crippen molar-refractivity contribution in [3.8, 4) is 0 Å². The summed E-state index contributed by atoms with van der Waals surface area (Å²) in [6, 6.07) is 0. The van der Waals surface area contributed by atoms with Gasteiger partial charge in [-0.05, 0) is 0 Å². The summed E-state index contributed by atoms with van der Waals surface area (Å²) in [6.45, 7) is 0. The lowest BCUT2D eigenvalue weighted by molar-refractivity contribution is -0.460. The van der Waals surface area contributed by atoms with Crippen LogP contribution in [0.5, 0.6) is 0 Å². The van der Waals surface area contributed by atoms with Gasteiger partial charge in [-0.2, -0.15) is 74.6 Å². The molecule has 27 heavy (non-hydrogen) atoms. The molecule has 0 nitrogen and oxygen atoms in total. The lowest BCUT2D eigenvalue weighted by atomic mass is 9.89. The number of alkyl halides is 18. The van der Waals surface area contributed by atoms with E-state index in [0.717, 1.165) is 0 Å². The minimum absolute atomic E-state index is 0.171. The fraction of sp³-hybridized carbons (Fsp3) is 1.00. The van der Waals surface area contributed by atoms with E-state index in [0.29, 0.717) is 0 Å². The first-order valence-electron chi connectivity index (χ1n) is 5.58. The first-order chi connectivity index (χ1) is 11.3. The van der Waals surface area contributed by atoms with Crippen molar-refractivity contribution in [2.45, 2.75) is 47.6 Å². The Hall–Kier alpha value is -0.460. The van der Waals surface area contributed by atoms with Crippen LogP contribution in [0, 0.1) is 0 Å². The van der Waals surface area contributed by atoms with Gasteiger partial charge in [-0.1, -0.05) is 22.6 Å². The van der Waals surface area contributed by atoms with Crippen molar-refractivity contribution in [3.05, 3.63) is 0 Å². The van der Waals surface area contributed by atoms with Crippen LogP contribution in [-0.4, -0.2) is 52.1 Å². The predicted octanol–water partition coefficient (Wildman–Crippen LogP) is 6.43. The molecule has 0 unspecified atom stereocenters. The maximum Gasteiger partial charge on any atom is 0.460 e. The Morgan fingerprint density at radius 3 is 0.815 bits per heavy atom. The molecule has 0 N–H and O–H groups in total. The smallest absolute Gasteiger partial charge is 0.199 e. The molecule has 0 bridgehead atoms. The zero-order valence-corrected chi connectivity index (χ0v) is 13.7. The molecule has 0 fully saturated rings. The van der Waals surface area contributed by atoms with Crippen LogP contribution in [0.1, 0.15) is 0 Å². The summed E-state index contributed by atoms with van der Waals surface area (Å²) in [5.74, 6) is -55.7. The van der Waals surface area contributed by atoms with Crippen LogP contribution in [0.2, 0.25) is 0 Å². The van der Waals surface area contributed by atoms with Crippen LogP contribution in [0.15, 0.2) is 0 Å². The van der Waals surface area contributed by atoms with Gasteiger partial charge < -0.3 is 0 Å². The standard InChI is InChI=1S/C9H2F17I/c10-2(11,1-27)3(12,13)4(14,15)5(16,17)6(18,19)7(20,21)8(22,23)9(24,25)26/h1H2. The highest BCUT2D eigenvalue weighted by molar-refractivity contribution is 14.1. The second-order valence-corrected chi connectivity index (χ2v) is 5.54. The topological polar surface area (TPSA) is 0 Å². The molecule has 0 amide bonds. The van der Waals surface area contributed by atoms with Crippen LogP contribution < -0.4 is 0 Å². The van der Waals surface area contributed by atoms with Gasteiger partial charge in [0.2, 0.25) is 0 Å². The van der Waals surface area contributed by atoms with Crippen LogP contribution in [0.3, 0.4) is 0 Å². The molecule has 0 aliphatic rings. The van der Waals surface area contributed by atoms with E-state index in [2.05, 4.69) is 0 Å².